The molecule has 1 aromatic carbocycles. The molecule has 1 aromatic rings. The summed E-state index contributed by atoms with van der Waals surface area (Å²) >= 11 is 7.05. The number of hydrogen-bond donors (Lipinski definition) is 3. The third-order valence-electron chi connectivity index (χ3n) is 2.21. The lowest BCUT2D eigenvalue weighted by atomic mass is 10.2. The molecule has 0 aliphatic heterocycles. The minimum Gasteiger partial charge on any atom is -0.481 e. The number of thioether (sulfide) groups is 1. The number of benzene rings is 1. The van der Waals surface area contributed by atoms with Crippen LogP contribution < -0.4 is 5.32 Å². The normalized spacial score (nSPS) is 11.7. The Hall–Kier alpha value is -1.73. The van der Waals surface area contributed by atoms with E-state index >= 15 is 0 Å². The fraction of sp³-hybridized carbons (Fsp3) is 0.250. The monoisotopic (exact) mass is 317 g/mol. The lowest BCUT2D eigenvalue weighted by Gasteiger charge is -2.12. The molecule has 0 unspecified atom stereocenters. The van der Waals surface area contributed by atoms with Gasteiger partial charge in [-0.25, -0.2) is 4.79 Å². The van der Waals surface area contributed by atoms with Gasteiger partial charge in [0.25, 0.3) is 0 Å². The number of amides is 1. The first-order valence-corrected chi connectivity index (χ1v) is 6.87. The molecule has 6 nitrogen and oxygen atoms in total. The summed E-state index contributed by atoms with van der Waals surface area (Å²) < 4.78 is 0. The zero-order valence-electron chi connectivity index (χ0n) is 10.2. The van der Waals surface area contributed by atoms with E-state index in [1.807, 2.05) is 0 Å². The van der Waals surface area contributed by atoms with E-state index in [-0.39, 0.29) is 5.75 Å². The second kappa shape index (κ2) is 7.76. The Bertz CT molecular complexity index is 522. The molecule has 0 heterocycles. The van der Waals surface area contributed by atoms with E-state index in [4.69, 9.17) is 21.8 Å². The van der Waals surface area contributed by atoms with Crippen LogP contribution in [0.25, 0.3) is 0 Å². The molecule has 0 saturated heterocycles. The van der Waals surface area contributed by atoms with Gasteiger partial charge in [0.05, 0.1) is 17.2 Å². The molecule has 8 heteroatoms. The molecule has 0 spiro atoms. The van der Waals surface area contributed by atoms with Crippen LogP contribution in [-0.4, -0.2) is 39.9 Å². The Labute approximate surface area is 124 Å². The van der Waals surface area contributed by atoms with Crippen LogP contribution in [0.1, 0.15) is 6.42 Å². The van der Waals surface area contributed by atoms with Crippen molar-refractivity contribution >= 4 is 41.2 Å². The lowest BCUT2D eigenvalue weighted by molar-refractivity contribution is -0.147. The van der Waals surface area contributed by atoms with E-state index in [1.54, 1.807) is 24.3 Å². The second-order valence-electron chi connectivity index (χ2n) is 3.78. The molecule has 1 atom stereocenters. The maximum absolute atomic E-state index is 11.6. The van der Waals surface area contributed by atoms with Gasteiger partial charge in [0.2, 0.25) is 5.91 Å². The van der Waals surface area contributed by atoms with Crippen LogP contribution >= 0.6 is 23.4 Å². The van der Waals surface area contributed by atoms with E-state index in [1.165, 1.54) is 0 Å². The summed E-state index contributed by atoms with van der Waals surface area (Å²) in [5.74, 6) is -3.30. The van der Waals surface area contributed by atoms with Crippen LogP contribution in [0.3, 0.4) is 0 Å². The Balaban J connectivity index is 2.52. The predicted octanol–water partition coefficient (Wildman–Crippen LogP) is 1.48. The number of nitrogens with one attached hydrogen (secondary N) is 1. The maximum Gasteiger partial charge on any atom is 0.326 e. The lowest BCUT2D eigenvalue weighted by Crippen LogP contribution is -2.43. The quantitative estimate of drug-likeness (QED) is 0.658. The first-order valence-electron chi connectivity index (χ1n) is 5.51. The van der Waals surface area contributed by atoms with E-state index in [0.717, 1.165) is 11.8 Å². The SMILES string of the molecule is O=C(O)C[C@@H](NC(=O)CSc1ccccc1Cl)C(=O)O. The molecule has 0 saturated carbocycles. The second-order valence-corrected chi connectivity index (χ2v) is 5.20. The zero-order chi connectivity index (χ0) is 15.1. The Morgan fingerprint density at radius 1 is 1.25 bits per heavy atom. The molecule has 0 fully saturated rings. The van der Waals surface area contributed by atoms with Crippen molar-refractivity contribution in [3.05, 3.63) is 29.3 Å². The molecule has 0 aliphatic carbocycles. The fourth-order valence-corrected chi connectivity index (χ4v) is 2.37. The van der Waals surface area contributed by atoms with Gasteiger partial charge in [0.15, 0.2) is 0 Å². The topological polar surface area (TPSA) is 104 Å². The standard InChI is InChI=1S/C12H12ClNO5S/c13-7-3-1-2-4-9(7)20-6-10(15)14-8(12(18)19)5-11(16)17/h1-4,8H,5-6H2,(H,14,15)(H,16,17)(H,18,19)/t8-/m1/s1. The van der Waals surface area contributed by atoms with Gasteiger partial charge in [-0.05, 0) is 12.1 Å². The highest BCUT2D eigenvalue weighted by molar-refractivity contribution is 8.00. The van der Waals surface area contributed by atoms with Crippen molar-refractivity contribution in [3.8, 4) is 0 Å². The highest BCUT2D eigenvalue weighted by Crippen LogP contribution is 2.26. The smallest absolute Gasteiger partial charge is 0.326 e. The van der Waals surface area contributed by atoms with Crippen molar-refractivity contribution in [1.29, 1.82) is 0 Å². The molecule has 108 valence electrons. The van der Waals surface area contributed by atoms with Crippen LogP contribution in [-0.2, 0) is 14.4 Å². The number of hydrogen-bond acceptors (Lipinski definition) is 4. The number of aliphatic carboxylic acids is 2. The van der Waals surface area contributed by atoms with Crippen LogP contribution in [0.15, 0.2) is 29.2 Å². The highest BCUT2D eigenvalue weighted by atomic mass is 35.5. The van der Waals surface area contributed by atoms with Gasteiger partial charge in [-0.1, -0.05) is 23.7 Å². The van der Waals surface area contributed by atoms with Crippen LogP contribution in [0, 0.1) is 0 Å². The third kappa shape index (κ3) is 5.50. The molecule has 0 aromatic heterocycles. The van der Waals surface area contributed by atoms with Crippen molar-refractivity contribution in [3.63, 3.8) is 0 Å². The minimum atomic E-state index is -1.44. The molecule has 0 bridgehead atoms. The fourth-order valence-electron chi connectivity index (χ4n) is 1.32. The predicted molar refractivity (Wildman–Crippen MR) is 74.0 cm³/mol. The summed E-state index contributed by atoms with van der Waals surface area (Å²) in [5.41, 5.74) is 0. The Morgan fingerprint density at radius 2 is 1.90 bits per heavy atom. The molecular formula is C12H12ClNO5S. The largest absolute Gasteiger partial charge is 0.481 e. The van der Waals surface area contributed by atoms with E-state index in [2.05, 4.69) is 5.32 Å². The van der Waals surface area contributed by atoms with E-state index in [0.29, 0.717) is 9.92 Å². The number of rotatable bonds is 7. The molecule has 20 heavy (non-hydrogen) atoms. The summed E-state index contributed by atoms with van der Waals surface area (Å²) in [6, 6.07) is 5.47. The average Bonchev–Trinajstić information content (AvgIpc) is 2.36. The van der Waals surface area contributed by atoms with Crippen LogP contribution in [0.5, 0.6) is 0 Å². The first kappa shape index (κ1) is 16.3. The number of carbonyl (C=O) groups is 3. The molecule has 0 radical (unpaired) electrons. The molecular weight excluding hydrogens is 306 g/mol. The van der Waals surface area contributed by atoms with Crippen molar-refractivity contribution < 1.29 is 24.6 Å². The maximum atomic E-state index is 11.6. The van der Waals surface area contributed by atoms with Gasteiger partial charge in [-0.3, -0.25) is 9.59 Å². The zero-order valence-corrected chi connectivity index (χ0v) is 11.8. The summed E-state index contributed by atoms with van der Waals surface area (Å²) in [6.07, 6.45) is -0.669. The van der Waals surface area contributed by atoms with E-state index < -0.39 is 30.3 Å². The molecule has 0 aliphatic rings. The Kier molecular flexibility index (Phi) is 6.33. The van der Waals surface area contributed by atoms with Crippen LogP contribution in [0.2, 0.25) is 5.02 Å². The van der Waals surface area contributed by atoms with Crippen molar-refractivity contribution in [2.45, 2.75) is 17.4 Å². The Morgan fingerprint density at radius 3 is 2.45 bits per heavy atom. The minimum absolute atomic E-state index is 0.0485. The summed E-state index contributed by atoms with van der Waals surface area (Å²) in [5, 5.41) is 20.0. The van der Waals surface area contributed by atoms with Crippen molar-refractivity contribution in [1.82, 2.24) is 5.32 Å². The van der Waals surface area contributed by atoms with Gasteiger partial charge < -0.3 is 15.5 Å². The first-order chi connectivity index (χ1) is 9.40. The number of halogens is 1. The number of carboxylic acid groups (broad SMARTS) is 2. The third-order valence-corrected chi connectivity index (χ3v) is 3.72. The van der Waals surface area contributed by atoms with Gasteiger partial charge in [0, 0.05) is 4.90 Å². The average molecular weight is 318 g/mol. The van der Waals surface area contributed by atoms with Gasteiger partial charge in [0.1, 0.15) is 6.04 Å². The molecule has 3 N–H and O–H groups in total. The molecule has 1 rings (SSSR count). The van der Waals surface area contributed by atoms with Gasteiger partial charge in [-0.15, -0.1) is 11.8 Å². The van der Waals surface area contributed by atoms with Crippen molar-refractivity contribution in [2.24, 2.45) is 0 Å². The van der Waals surface area contributed by atoms with E-state index in [9.17, 15) is 14.4 Å². The van der Waals surface area contributed by atoms with Crippen molar-refractivity contribution in [2.75, 3.05) is 5.75 Å². The summed E-state index contributed by atoms with van der Waals surface area (Å²) in [7, 11) is 0. The van der Waals surface area contributed by atoms with Gasteiger partial charge >= 0.3 is 11.9 Å². The molecule has 1 amide bonds. The van der Waals surface area contributed by atoms with Crippen LogP contribution in [0.4, 0.5) is 0 Å². The summed E-state index contributed by atoms with van der Waals surface area (Å²) in [6.45, 7) is 0. The summed E-state index contributed by atoms with van der Waals surface area (Å²) in [4.78, 5) is 33.6. The number of carboxylic acids is 2. The number of carbonyl (C=O) groups excluding carboxylic acids is 1. The van der Waals surface area contributed by atoms with Gasteiger partial charge in [-0.2, -0.15) is 0 Å². The highest BCUT2D eigenvalue weighted by Gasteiger charge is 2.22.